The summed E-state index contributed by atoms with van der Waals surface area (Å²) in [5.41, 5.74) is 4.32. The van der Waals surface area contributed by atoms with Crippen molar-refractivity contribution in [3.63, 3.8) is 0 Å². The molecule has 0 fully saturated rings. The van der Waals surface area contributed by atoms with Crippen LogP contribution in [0.5, 0.6) is 0 Å². The van der Waals surface area contributed by atoms with Gasteiger partial charge < -0.3 is 5.32 Å². The number of imide groups is 1. The summed E-state index contributed by atoms with van der Waals surface area (Å²) in [5.74, 6) is 0.364. The van der Waals surface area contributed by atoms with E-state index in [4.69, 9.17) is 0 Å². The monoisotopic (exact) mass is 465 g/mol. The Labute approximate surface area is 199 Å². The van der Waals surface area contributed by atoms with Gasteiger partial charge in [-0.05, 0) is 51.3 Å². The van der Waals surface area contributed by atoms with Gasteiger partial charge in [-0.15, -0.1) is 10.2 Å². The molecule has 0 radical (unpaired) electrons. The molecule has 0 aliphatic rings. The van der Waals surface area contributed by atoms with Crippen molar-refractivity contribution in [2.45, 2.75) is 58.2 Å². The molecular weight excluding hydrogens is 434 g/mol. The molecule has 174 valence electrons. The SMILES string of the molecule is CCCCc1ccc(-n2c(SCC(=O)NC(=O)NC(C)C)nnc2-c2ccc(C)cc2)cc1. The molecule has 0 bridgehead atoms. The molecule has 3 rings (SSSR count). The third-order valence-electron chi connectivity index (χ3n) is 4.96. The van der Waals surface area contributed by atoms with E-state index in [1.807, 2.05) is 49.6 Å². The lowest BCUT2D eigenvalue weighted by Gasteiger charge is -2.12. The summed E-state index contributed by atoms with van der Waals surface area (Å²) < 4.78 is 1.96. The zero-order valence-electron chi connectivity index (χ0n) is 19.6. The van der Waals surface area contributed by atoms with Gasteiger partial charge in [0.1, 0.15) is 0 Å². The molecule has 1 aromatic heterocycles. The number of hydrogen-bond acceptors (Lipinski definition) is 5. The lowest BCUT2D eigenvalue weighted by molar-refractivity contribution is -0.117. The summed E-state index contributed by atoms with van der Waals surface area (Å²) in [6.07, 6.45) is 3.36. The summed E-state index contributed by atoms with van der Waals surface area (Å²) in [4.78, 5) is 24.1. The Morgan fingerprint density at radius 3 is 2.36 bits per heavy atom. The fourth-order valence-corrected chi connectivity index (χ4v) is 4.02. The quantitative estimate of drug-likeness (QED) is 0.438. The Kier molecular flexibility index (Phi) is 8.65. The Morgan fingerprint density at radius 2 is 1.73 bits per heavy atom. The van der Waals surface area contributed by atoms with Crippen LogP contribution in [0.25, 0.3) is 17.1 Å². The summed E-state index contributed by atoms with van der Waals surface area (Å²) in [5, 5.41) is 14.4. The predicted octanol–water partition coefficient (Wildman–Crippen LogP) is 4.91. The van der Waals surface area contributed by atoms with E-state index >= 15 is 0 Å². The van der Waals surface area contributed by atoms with Gasteiger partial charge in [-0.3, -0.25) is 14.7 Å². The molecule has 2 N–H and O–H groups in total. The third-order valence-corrected chi connectivity index (χ3v) is 5.89. The van der Waals surface area contributed by atoms with Crippen LogP contribution >= 0.6 is 11.8 Å². The van der Waals surface area contributed by atoms with E-state index in [0.29, 0.717) is 11.0 Å². The first-order chi connectivity index (χ1) is 15.9. The standard InChI is InChI=1S/C25H31N5O2S/c1-5-6-7-19-10-14-21(15-11-19)30-23(20-12-8-18(4)9-13-20)28-29-25(30)33-16-22(31)27-24(32)26-17(2)3/h8-15,17H,5-7,16H2,1-4H3,(H2,26,27,31,32). The molecule has 1 heterocycles. The molecule has 0 aliphatic heterocycles. The number of benzene rings is 2. The van der Waals surface area contributed by atoms with Crippen LogP contribution in [0.3, 0.4) is 0 Å². The summed E-state index contributed by atoms with van der Waals surface area (Å²) in [6, 6.07) is 15.9. The van der Waals surface area contributed by atoms with Gasteiger partial charge in [0.25, 0.3) is 0 Å². The Balaban J connectivity index is 1.85. The predicted molar refractivity (Wildman–Crippen MR) is 133 cm³/mol. The molecule has 0 saturated carbocycles. The van der Waals surface area contributed by atoms with Crippen LogP contribution in [-0.2, 0) is 11.2 Å². The van der Waals surface area contributed by atoms with E-state index < -0.39 is 6.03 Å². The molecule has 0 aliphatic carbocycles. The number of rotatable bonds is 9. The van der Waals surface area contributed by atoms with Crippen LogP contribution in [0.1, 0.15) is 44.7 Å². The summed E-state index contributed by atoms with van der Waals surface area (Å²) >= 11 is 1.24. The van der Waals surface area contributed by atoms with Gasteiger partial charge in [0.15, 0.2) is 11.0 Å². The van der Waals surface area contributed by atoms with Gasteiger partial charge in [-0.1, -0.05) is 67.1 Å². The van der Waals surface area contributed by atoms with E-state index in [-0.39, 0.29) is 17.7 Å². The number of urea groups is 1. The van der Waals surface area contributed by atoms with Gasteiger partial charge in [0.05, 0.1) is 5.75 Å². The minimum Gasteiger partial charge on any atom is -0.336 e. The average Bonchev–Trinajstić information content (AvgIpc) is 3.20. The minimum atomic E-state index is -0.500. The molecule has 0 unspecified atom stereocenters. The number of unbranched alkanes of at least 4 members (excludes halogenated alkanes) is 1. The van der Waals surface area contributed by atoms with Crippen molar-refractivity contribution in [1.82, 2.24) is 25.4 Å². The molecule has 7 nitrogen and oxygen atoms in total. The van der Waals surface area contributed by atoms with Crippen LogP contribution in [0, 0.1) is 6.92 Å². The number of aromatic nitrogens is 3. The van der Waals surface area contributed by atoms with E-state index in [1.54, 1.807) is 0 Å². The number of aryl methyl sites for hydroxylation is 2. The van der Waals surface area contributed by atoms with E-state index in [0.717, 1.165) is 36.1 Å². The van der Waals surface area contributed by atoms with Gasteiger partial charge in [-0.25, -0.2) is 4.79 Å². The molecule has 33 heavy (non-hydrogen) atoms. The van der Waals surface area contributed by atoms with Crippen LogP contribution in [0.15, 0.2) is 53.7 Å². The van der Waals surface area contributed by atoms with Gasteiger partial charge in [-0.2, -0.15) is 0 Å². The number of nitrogens with one attached hydrogen (secondary N) is 2. The normalized spacial score (nSPS) is 10.9. The maximum atomic E-state index is 12.3. The minimum absolute atomic E-state index is 0.0477. The van der Waals surface area contributed by atoms with E-state index in [2.05, 4.69) is 52.0 Å². The Hall–Kier alpha value is -3.13. The molecule has 2 aromatic carbocycles. The molecule has 0 saturated heterocycles. The second-order valence-electron chi connectivity index (χ2n) is 8.24. The highest BCUT2D eigenvalue weighted by Crippen LogP contribution is 2.28. The number of amides is 3. The smallest absolute Gasteiger partial charge is 0.321 e. The van der Waals surface area contributed by atoms with Crippen molar-refractivity contribution < 1.29 is 9.59 Å². The molecule has 0 atom stereocenters. The van der Waals surface area contributed by atoms with Crippen molar-refractivity contribution in [1.29, 1.82) is 0 Å². The average molecular weight is 466 g/mol. The van der Waals surface area contributed by atoms with Crippen LogP contribution in [0.2, 0.25) is 0 Å². The van der Waals surface area contributed by atoms with Crippen molar-refractivity contribution in [2.75, 3.05) is 5.75 Å². The highest BCUT2D eigenvalue weighted by Gasteiger charge is 2.18. The first-order valence-corrected chi connectivity index (χ1v) is 12.2. The number of carbonyl (C=O) groups is 2. The highest BCUT2D eigenvalue weighted by molar-refractivity contribution is 7.99. The highest BCUT2D eigenvalue weighted by atomic mass is 32.2. The Morgan fingerprint density at radius 1 is 1.03 bits per heavy atom. The van der Waals surface area contributed by atoms with Gasteiger partial charge in [0, 0.05) is 17.3 Å². The fourth-order valence-electron chi connectivity index (χ4n) is 3.27. The topological polar surface area (TPSA) is 88.9 Å². The molecular formula is C25H31N5O2S. The van der Waals surface area contributed by atoms with Crippen LogP contribution in [0.4, 0.5) is 4.79 Å². The largest absolute Gasteiger partial charge is 0.336 e. The van der Waals surface area contributed by atoms with Crippen molar-refractivity contribution in [3.8, 4) is 17.1 Å². The lowest BCUT2D eigenvalue weighted by atomic mass is 10.1. The maximum absolute atomic E-state index is 12.3. The van der Waals surface area contributed by atoms with Crippen molar-refractivity contribution in [3.05, 3.63) is 59.7 Å². The summed E-state index contributed by atoms with van der Waals surface area (Å²) in [7, 11) is 0. The third kappa shape index (κ3) is 6.92. The zero-order chi connectivity index (χ0) is 23.8. The molecule has 0 spiro atoms. The van der Waals surface area contributed by atoms with E-state index in [1.165, 1.54) is 17.3 Å². The van der Waals surface area contributed by atoms with Crippen molar-refractivity contribution in [2.24, 2.45) is 0 Å². The van der Waals surface area contributed by atoms with Crippen LogP contribution in [-0.4, -0.2) is 38.5 Å². The zero-order valence-corrected chi connectivity index (χ0v) is 20.4. The fraction of sp³-hybridized carbons (Fsp3) is 0.360. The first-order valence-electron chi connectivity index (χ1n) is 11.2. The number of nitrogens with zero attached hydrogens (tertiary/aromatic N) is 3. The Bertz CT molecular complexity index is 1080. The maximum Gasteiger partial charge on any atom is 0.321 e. The molecule has 8 heteroatoms. The number of thioether (sulfide) groups is 1. The first kappa shape index (κ1) is 24.5. The van der Waals surface area contributed by atoms with Crippen LogP contribution < -0.4 is 10.6 Å². The van der Waals surface area contributed by atoms with Gasteiger partial charge in [0.2, 0.25) is 5.91 Å². The van der Waals surface area contributed by atoms with E-state index in [9.17, 15) is 9.59 Å². The second kappa shape index (κ2) is 11.7. The van der Waals surface area contributed by atoms with Gasteiger partial charge >= 0.3 is 6.03 Å². The lowest BCUT2D eigenvalue weighted by Crippen LogP contribution is -2.43. The summed E-state index contributed by atoms with van der Waals surface area (Å²) in [6.45, 7) is 7.90. The van der Waals surface area contributed by atoms with Crippen molar-refractivity contribution >= 4 is 23.7 Å². The number of carbonyl (C=O) groups excluding carboxylic acids is 2. The molecule has 3 amide bonds. The number of hydrogen-bond donors (Lipinski definition) is 2. The second-order valence-corrected chi connectivity index (χ2v) is 9.19. The molecule has 3 aromatic rings.